The normalized spacial score (nSPS) is 16.8. The summed E-state index contributed by atoms with van der Waals surface area (Å²) in [5, 5.41) is 17.3. The van der Waals surface area contributed by atoms with Crippen molar-refractivity contribution in [3.8, 4) is 0 Å². The Hall–Kier alpha value is -4.21. The Kier molecular flexibility index (Phi) is 13.1. The molecule has 0 saturated carbocycles. The van der Waals surface area contributed by atoms with Crippen molar-refractivity contribution >= 4 is 23.8 Å². The molecule has 2 aromatic rings. The molecule has 1 atom stereocenters. The summed E-state index contributed by atoms with van der Waals surface area (Å²) in [7, 11) is 4.02. The van der Waals surface area contributed by atoms with E-state index >= 15 is 0 Å². The fraction of sp³-hybridized carbons (Fsp3) is 0.500. The lowest BCUT2D eigenvalue weighted by atomic mass is 9.73. The number of nitrogens with one attached hydrogen (secondary N) is 1. The number of fused-ring (bicyclic) bond motifs is 2. The summed E-state index contributed by atoms with van der Waals surface area (Å²) < 4.78 is 63.5. The maximum atomic E-state index is 13.0. The van der Waals surface area contributed by atoms with Gasteiger partial charge in [0.15, 0.2) is 0 Å². The van der Waals surface area contributed by atoms with Gasteiger partial charge in [-0.3, -0.25) is 9.59 Å². The second-order valence-electron chi connectivity index (χ2n) is 11.2. The highest BCUT2D eigenvalue weighted by Gasteiger charge is 2.46. The Morgan fingerprint density at radius 2 is 1.48 bits per heavy atom. The third-order valence-electron chi connectivity index (χ3n) is 7.52. The van der Waals surface area contributed by atoms with E-state index in [0.717, 1.165) is 44.6 Å². The fourth-order valence-corrected chi connectivity index (χ4v) is 5.36. The van der Waals surface area contributed by atoms with Gasteiger partial charge in [-0.05, 0) is 74.9 Å². The van der Waals surface area contributed by atoms with Crippen LogP contribution in [0.2, 0.25) is 0 Å². The first-order valence-corrected chi connectivity index (χ1v) is 14.1. The molecule has 2 aliphatic rings. The largest absolute Gasteiger partial charge is 0.490 e. The van der Waals surface area contributed by atoms with Gasteiger partial charge in [-0.2, -0.15) is 26.3 Å². The SMILES string of the molecule is Cc1cccc(C(=O)N2CCC3(CC2)CC(CC(=O)NCCN(C)C)c2ccccc23)n1.O=C(O)C(F)(F)F.O=C(O)C(F)(F)F. The molecule has 2 heterocycles. The summed E-state index contributed by atoms with van der Waals surface area (Å²) in [5.74, 6) is -5.13. The highest BCUT2D eigenvalue weighted by molar-refractivity contribution is 5.92. The number of nitrogens with zero attached hydrogens (tertiary/aromatic N) is 3. The molecule has 1 fully saturated rings. The monoisotopic (exact) mass is 662 g/mol. The van der Waals surface area contributed by atoms with E-state index in [0.29, 0.717) is 18.7 Å². The number of aromatic nitrogens is 1. The minimum Gasteiger partial charge on any atom is -0.475 e. The number of carbonyl (C=O) groups is 4. The van der Waals surface area contributed by atoms with Crippen molar-refractivity contribution in [3.05, 3.63) is 65.0 Å². The van der Waals surface area contributed by atoms with Gasteiger partial charge < -0.3 is 25.3 Å². The van der Waals surface area contributed by atoms with Crippen LogP contribution in [0, 0.1) is 6.92 Å². The number of rotatable bonds is 6. The number of likely N-dealkylation sites (tertiary alicyclic amines) is 1. The van der Waals surface area contributed by atoms with Crippen molar-refractivity contribution in [2.75, 3.05) is 40.3 Å². The average molecular weight is 663 g/mol. The number of alkyl halides is 6. The standard InChI is InChI=1S/C26H34N4O2.2C2HF3O2/c1-19-7-6-10-23(28-19)25(32)30-14-11-26(12-15-30)18-20(21-8-4-5-9-22(21)26)17-24(31)27-13-16-29(2)3;2*3-2(4,5)1(6)7/h4-10,20H,11-18H2,1-3H3,(H,27,31);2*(H,6,7). The number of piperidine rings is 1. The van der Waals surface area contributed by atoms with Gasteiger partial charge in [0.2, 0.25) is 5.91 Å². The molecule has 1 spiro atoms. The van der Waals surface area contributed by atoms with E-state index in [-0.39, 0.29) is 23.1 Å². The lowest BCUT2D eigenvalue weighted by molar-refractivity contribution is -0.193. The zero-order chi connectivity index (χ0) is 34.9. The van der Waals surface area contributed by atoms with Gasteiger partial charge in [-0.15, -0.1) is 0 Å². The topological polar surface area (TPSA) is 140 Å². The van der Waals surface area contributed by atoms with Crippen LogP contribution >= 0.6 is 0 Å². The van der Waals surface area contributed by atoms with Crippen LogP contribution in [0.5, 0.6) is 0 Å². The summed E-state index contributed by atoms with van der Waals surface area (Å²) >= 11 is 0. The number of hydrogen-bond donors (Lipinski definition) is 3. The molecule has 254 valence electrons. The molecule has 10 nitrogen and oxygen atoms in total. The number of aliphatic carboxylic acids is 2. The second-order valence-corrected chi connectivity index (χ2v) is 11.2. The van der Waals surface area contributed by atoms with Crippen LogP contribution in [0.3, 0.4) is 0 Å². The number of benzene rings is 1. The minimum absolute atomic E-state index is 0.0200. The number of pyridine rings is 1. The number of likely N-dealkylation sites (N-methyl/N-ethyl adjacent to an activating group) is 1. The molecular weight excluding hydrogens is 626 g/mol. The Morgan fingerprint density at radius 3 is 1.98 bits per heavy atom. The molecule has 1 aromatic heterocycles. The zero-order valence-corrected chi connectivity index (χ0v) is 25.4. The van der Waals surface area contributed by atoms with Gasteiger partial charge >= 0.3 is 24.3 Å². The van der Waals surface area contributed by atoms with Crippen LogP contribution in [0.25, 0.3) is 0 Å². The van der Waals surface area contributed by atoms with Gasteiger partial charge in [-0.1, -0.05) is 30.3 Å². The first-order valence-electron chi connectivity index (χ1n) is 14.1. The van der Waals surface area contributed by atoms with Crippen molar-refractivity contribution in [1.82, 2.24) is 20.1 Å². The van der Waals surface area contributed by atoms with Crippen molar-refractivity contribution in [2.24, 2.45) is 0 Å². The summed E-state index contributed by atoms with van der Waals surface area (Å²) in [5.41, 5.74) is 4.14. The van der Waals surface area contributed by atoms with Crippen LogP contribution < -0.4 is 5.32 Å². The quantitative estimate of drug-likeness (QED) is 0.388. The van der Waals surface area contributed by atoms with E-state index in [4.69, 9.17) is 19.8 Å². The molecule has 1 aliphatic carbocycles. The second kappa shape index (κ2) is 15.9. The van der Waals surface area contributed by atoms with Crippen LogP contribution in [0.15, 0.2) is 42.5 Å². The van der Waals surface area contributed by atoms with Crippen LogP contribution in [0.1, 0.15) is 58.9 Å². The molecule has 0 bridgehead atoms. The molecule has 1 aliphatic heterocycles. The highest BCUT2D eigenvalue weighted by Crippen LogP contribution is 2.52. The molecule has 1 aromatic carbocycles. The fourth-order valence-electron chi connectivity index (χ4n) is 5.36. The van der Waals surface area contributed by atoms with E-state index in [1.807, 2.05) is 38.1 Å². The van der Waals surface area contributed by atoms with Crippen molar-refractivity contribution in [3.63, 3.8) is 0 Å². The molecule has 4 rings (SSSR count). The lowest BCUT2D eigenvalue weighted by Gasteiger charge is -2.40. The van der Waals surface area contributed by atoms with Crippen molar-refractivity contribution in [2.45, 2.75) is 56.3 Å². The Bertz CT molecular complexity index is 1350. The smallest absolute Gasteiger partial charge is 0.475 e. The molecule has 3 N–H and O–H groups in total. The Balaban J connectivity index is 0.000000440. The maximum absolute atomic E-state index is 13.0. The zero-order valence-electron chi connectivity index (χ0n) is 25.4. The van der Waals surface area contributed by atoms with E-state index in [2.05, 4.69) is 39.5 Å². The van der Waals surface area contributed by atoms with Crippen molar-refractivity contribution < 1.29 is 55.7 Å². The number of halogens is 6. The molecule has 46 heavy (non-hydrogen) atoms. The molecule has 1 unspecified atom stereocenters. The van der Waals surface area contributed by atoms with Gasteiger partial charge in [0.1, 0.15) is 5.69 Å². The number of carboxylic acid groups (broad SMARTS) is 2. The number of carboxylic acids is 2. The summed E-state index contributed by atoms with van der Waals surface area (Å²) in [6, 6.07) is 14.2. The number of hydrogen-bond acceptors (Lipinski definition) is 6. The van der Waals surface area contributed by atoms with E-state index in [9.17, 15) is 35.9 Å². The van der Waals surface area contributed by atoms with E-state index in [1.165, 1.54) is 11.1 Å². The third-order valence-corrected chi connectivity index (χ3v) is 7.52. The van der Waals surface area contributed by atoms with Gasteiger partial charge in [-0.25, -0.2) is 14.6 Å². The summed E-state index contributed by atoms with van der Waals surface area (Å²) in [6.07, 6.45) is -6.79. The van der Waals surface area contributed by atoms with E-state index in [1.54, 1.807) is 6.07 Å². The van der Waals surface area contributed by atoms with E-state index < -0.39 is 24.3 Å². The summed E-state index contributed by atoms with van der Waals surface area (Å²) in [6.45, 7) is 4.88. The predicted octanol–water partition coefficient (Wildman–Crippen LogP) is 4.39. The average Bonchev–Trinajstić information content (AvgIpc) is 3.25. The Morgan fingerprint density at radius 1 is 0.935 bits per heavy atom. The number of amides is 2. The molecule has 0 radical (unpaired) electrons. The molecule has 2 amide bonds. The number of carbonyl (C=O) groups excluding carboxylic acids is 2. The molecule has 1 saturated heterocycles. The predicted molar refractivity (Wildman–Crippen MR) is 153 cm³/mol. The minimum atomic E-state index is -5.08. The Labute approximate surface area is 261 Å². The van der Waals surface area contributed by atoms with Crippen LogP contribution in [-0.4, -0.2) is 101 Å². The summed E-state index contributed by atoms with van der Waals surface area (Å²) in [4.78, 5) is 51.8. The van der Waals surface area contributed by atoms with Gasteiger partial charge in [0.05, 0.1) is 0 Å². The number of aryl methyl sites for hydroxylation is 1. The van der Waals surface area contributed by atoms with Crippen LogP contribution in [-0.2, 0) is 19.8 Å². The highest BCUT2D eigenvalue weighted by atomic mass is 19.4. The van der Waals surface area contributed by atoms with Gasteiger partial charge in [0, 0.05) is 38.3 Å². The molecule has 16 heteroatoms. The first-order chi connectivity index (χ1) is 21.3. The lowest BCUT2D eigenvalue weighted by Crippen LogP contribution is -2.44. The third kappa shape index (κ3) is 11.0. The van der Waals surface area contributed by atoms with Gasteiger partial charge in [0.25, 0.3) is 5.91 Å². The maximum Gasteiger partial charge on any atom is 0.490 e. The van der Waals surface area contributed by atoms with Crippen molar-refractivity contribution in [1.29, 1.82) is 0 Å². The van der Waals surface area contributed by atoms with Crippen LogP contribution in [0.4, 0.5) is 26.3 Å². The molecular formula is C30H36F6N4O6. The first kappa shape index (κ1) is 38.0.